The monoisotopic (exact) mass is 434 g/mol. The number of nitrogens with one attached hydrogen (secondary N) is 1. The molecule has 3 aromatic rings. The van der Waals surface area contributed by atoms with Gasteiger partial charge in [-0.15, -0.1) is 0 Å². The molecule has 160 valence electrons. The summed E-state index contributed by atoms with van der Waals surface area (Å²) in [6.07, 6.45) is 4.89. The quantitative estimate of drug-likeness (QED) is 0.446. The Morgan fingerprint density at radius 2 is 2.06 bits per heavy atom. The van der Waals surface area contributed by atoms with Gasteiger partial charge in [-0.3, -0.25) is 9.78 Å². The molecule has 7 heteroatoms. The van der Waals surface area contributed by atoms with Crippen LogP contribution in [-0.4, -0.2) is 39.2 Å². The fourth-order valence-corrected chi connectivity index (χ4v) is 4.44. The minimum atomic E-state index is -0.209. The van der Waals surface area contributed by atoms with E-state index in [1.165, 1.54) is 12.7 Å². The SMILES string of the molecule is COC(=O)CCCN1C(=S)N[C@@H](c2ccccn2)[C@H]1c1cccn1-c1cccc(C)c1. The highest BCUT2D eigenvalue weighted by Crippen LogP contribution is 2.39. The molecule has 0 unspecified atom stereocenters. The number of aromatic nitrogens is 2. The topological polar surface area (TPSA) is 59.4 Å². The van der Waals surface area contributed by atoms with E-state index in [0.29, 0.717) is 24.5 Å². The van der Waals surface area contributed by atoms with Gasteiger partial charge in [-0.1, -0.05) is 18.2 Å². The molecule has 1 aliphatic rings. The predicted molar refractivity (Wildman–Crippen MR) is 124 cm³/mol. The molecule has 4 rings (SSSR count). The first-order valence-electron chi connectivity index (χ1n) is 10.4. The number of methoxy groups -OCH3 is 1. The maximum Gasteiger partial charge on any atom is 0.305 e. The number of nitrogens with zero attached hydrogens (tertiary/aromatic N) is 3. The molecule has 1 fully saturated rings. The highest BCUT2D eigenvalue weighted by Gasteiger charge is 2.41. The zero-order valence-corrected chi connectivity index (χ0v) is 18.5. The normalized spacial score (nSPS) is 18.1. The van der Waals surface area contributed by atoms with Crippen molar-refractivity contribution in [3.63, 3.8) is 0 Å². The van der Waals surface area contributed by atoms with Gasteiger partial charge in [0, 0.05) is 36.7 Å². The number of carbonyl (C=O) groups is 1. The number of thiocarbonyl (C=S) groups is 1. The summed E-state index contributed by atoms with van der Waals surface area (Å²) in [5, 5.41) is 4.14. The summed E-state index contributed by atoms with van der Waals surface area (Å²) < 4.78 is 7.00. The van der Waals surface area contributed by atoms with E-state index in [0.717, 1.165) is 17.1 Å². The molecule has 0 aliphatic carbocycles. The first kappa shape index (κ1) is 21.1. The van der Waals surface area contributed by atoms with Crippen molar-refractivity contribution in [1.82, 2.24) is 19.8 Å². The Balaban J connectivity index is 1.72. The van der Waals surface area contributed by atoms with Crippen molar-refractivity contribution in [2.45, 2.75) is 31.8 Å². The second-order valence-electron chi connectivity index (χ2n) is 7.64. The van der Waals surface area contributed by atoms with Crippen molar-refractivity contribution in [2.75, 3.05) is 13.7 Å². The van der Waals surface area contributed by atoms with Crippen molar-refractivity contribution in [1.29, 1.82) is 0 Å². The molecule has 0 spiro atoms. The van der Waals surface area contributed by atoms with Crippen LogP contribution >= 0.6 is 12.2 Å². The third kappa shape index (κ3) is 4.46. The molecule has 1 saturated heterocycles. The Labute approximate surface area is 187 Å². The van der Waals surface area contributed by atoms with Gasteiger partial charge in [0.15, 0.2) is 5.11 Å². The number of hydrogen-bond acceptors (Lipinski definition) is 4. The van der Waals surface area contributed by atoms with Gasteiger partial charge < -0.3 is 19.5 Å². The first-order chi connectivity index (χ1) is 15.1. The molecule has 1 N–H and O–H groups in total. The number of benzene rings is 1. The third-order valence-electron chi connectivity index (χ3n) is 5.57. The molecule has 0 amide bonds. The van der Waals surface area contributed by atoms with Crippen LogP contribution < -0.4 is 5.32 Å². The summed E-state index contributed by atoms with van der Waals surface area (Å²) in [6.45, 7) is 2.74. The molecule has 31 heavy (non-hydrogen) atoms. The highest BCUT2D eigenvalue weighted by atomic mass is 32.1. The number of rotatable bonds is 7. The Kier molecular flexibility index (Phi) is 6.32. The second-order valence-corrected chi connectivity index (χ2v) is 8.03. The van der Waals surface area contributed by atoms with Gasteiger partial charge in [0.05, 0.1) is 24.9 Å². The summed E-state index contributed by atoms with van der Waals surface area (Å²) >= 11 is 5.72. The van der Waals surface area contributed by atoms with Crippen molar-refractivity contribution < 1.29 is 9.53 Å². The highest BCUT2D eigenvalue weighted by molar-refractivity contribution is 7.80. The lowest BCUT2D eigenvalue weighted by Crippen LogP contribution is -2.31. The van der Waals surface area contributed by atoms with Crippen molar-refractivity contribution in [3.8, 4) is 5.69 Å². The van der Waals surface area contributed by atoms with Crippen LogP contribution in [0.2, 0.25) is 0 Å². The zero-order valence-electron chi connectivity index (χ0n) is 17.7. The lowest BCUT2D eigenvalue weighted by Gasteiger charge is -2.29. The molecule has 1 aliphatic heterocycles. The van der Waals surface area contributed by atoms with Gasteiger partial charge in [-0.25, -0.2) is 0 Å². The van der Waals surface area contributed by atoms with E-state index < -0.39 is 0 Å². The van der Waals surface area contributed by atoms with Crippen LogP contribution in [0.5, 0.6) is 0 Å². The van der Waals surface area contributed by atoms with Crippen LogP contribution in [0.15, 0.2) is 67.0 Å². The molecule has 3 heterocycles. The minimum Gasteiger partial charge on any atom is -0.469 e. The van der Waals surface area contributed by atoms with E-state index in [-0.39, 0.29) is 18.1 Å². The van der Waals surface area contributed by atoms with E-state index in [1.807, 2.05) is 18.2 Å². The lowest BCUT2D eigenvalue weighted by molar-refractivity contribution is -0.140. The van der Waals surface area contributed by atoms with Gasteiger partial charge in [0.25, 0.3) is 0 Å². The van der Waals surface area contributed by atoms with Gasteiger partial charge in [0.2, 0.25) is 0 Å². The van der Waals surface area contributed by atoms with Gasteiger partial charge >= 0.3 is 5.97 Å². The first-order valence-corrected chi connectivity index (χ1v) is 10.8. The standard InChI is InChI=1S/C24H26N4O2S/c1-17-8-5-9-18(16-17)27-14-6-11-20(27)23-22(19-10-3-4-13-25-19)26-24(31)28(23)15-7-12-21(29)30-2/h3-6,8-11,13-14,16,22-23H,7,12,15H2,1-2H3,(H,26,31)/t22-,23+/m0/s1. The third-order valence-corrected chi connectivity index (χ3v) is 5.92. The number of esters is 1. The summed E-state index contributed by atoms with van der Waals surface area (Å²) in [6, 6.07) is 18.4. The fraction of sp³-hybridized carbons (Fsp3) is 0.292. The molecule has 6 nitrogen and oxygen atoms in total. The Hall–Kier alpha value is -3.19. The molecule has 0 bridgehead atoms. The summed E-state index contributed by atoms with van der Waals surface area (Å²) in [4.78, 5) is 18.4. The summed E-state index contributed by atoms with van der Waals surface area (Å²) in [5.41, 5.74) is 4.36. The van der Waals surface area contributed by atoms with Crippen molar-refractivity contribution >= 4 is 23.3 Å². The van der Waals surface area contributed by atoms with Crippen LogP contribution in [0.4, 0.5) is 0 Å². The lowest BCUT2D eigenvalue weighted by atomic mass is 10.0. The molecule has 0 radical (unpaired) electrons. The fourth-order valence-electron chi connectivity index (χ4n) is 4.11. The number of pyridine rings is 1. The zero-order chi connectivity index (χ0) is 21.8. The van der Waals surface area contributed by atoms with Crippen LogP contribution in [0, 0.1) is 6.92 Å². The van der Waals surface area contributed by atoms with Gasteiger partial charge in [-0.05, 0) is 67.5 Å². The summed E-state index contributed by atoms with van der Waals surface area (Å²) in [5.74, 6) is -0.209. The predicted octanol–water partition coefficient (Wildman–Crippen LogP) is 4.11. The van der Waals surface area contributed by atoms with Crippen LogP contribution in [0.25, 0.3) is 5.69 Å². The number of carbonyl (C=O) groups excluding carboxylic acids is 1. The number of hydrogen-bond donors (Lipinski definition) is 1. The number of aryl methyl sites for hydroxylation is 1. The smallest absolute Gasteiger partial charge is 0.305 e. The average Bonchev–Trinajstić information content (AvgIpc) is 3.39. The van der Waals surface area contributed by atoms with E-state index in [2.05, 4.69) is 69.3 Å². The molecular weight excluding hydrogens is 408 g/mol. The molecular formula is C24H26N4O2S. The second kappa shape index (κ2) is 9.31. The molecule has 1 aromatic carbocycles. The van der Waals surface area contributed by atoms with E-state index in [4.69, 9.17) is 17.0 Å². The molecule has 2 aromatic heterocycles. The van der Waals surface area contributed by atoms with Crippen LogP contribution in [-0.2, 0) is 9.53 Å². The van der Waals surface area contributed by atoms with Gasteiger partial charge in [-0.2, -0.15) is 0 Å². The van der Waals surface area contributed by atoms with E-state index in [9.17, 15) is 4.79 Å². The Morgan fingerprint density at radius 1 is 1.19 bits per heavy atom. The van der Waals surface area contributed by atoms with Gasteiger partial charge in [0.1, 0.15) is 0 Å². The van der Waals surface area contributed by atoms with Crippen molar-refractivity contribution in [3.05, 3.63) is 83.9 Å². The molecule has 2 atom stereocenters. The van der Waals surface area contributed by atoms with Crippen LogP contribution in [0.1, 0.15) is 41.9 Å². The van der Waals surface area contributed by atoms with Crippen molar-refractivity contribution in [2.24, 2.45) is 0 Å². The Bertz CT molecular complexity index is 1070. The molecule has 0 saturated carbocycles. The van der Waals surface area contributed by atoms with E-state index in [1.54, 1.807) is 6.20 Å². The van der Waals surface area contributed by atoms with E-state index >= 15 is 0 Å². The maximum absolute atomic E-state index is 11.6. The number of ether oxygens (including phenoxy) is 1. The van der Waals surface area contributed by atoms with Crippen LogP contribution in [0.3, 0.4) is 0 Å². The summed E-state index contributed by atoms with van der Waals surface area (Å²) in [7, 11) is 1.42. The largest absolute Gasteiger partial charge is 0.469 e. The Morgan fingerprint density at radius 3 is 2.81 bits per heavy atom. The maximum atomic E-state index is 11.6. The average molecular weight is 435 g/mol. The minimum absolute atomic E-state index is 0.0597.